The van der Waals surface area contributed by atoms with Gasteiger partial charge in [-0.25, -0.2) is 0 Å². The SMILES string of the molecule is CCC/C=C\C/C=C\CCCCCCCC(=O)OC(COCCCCCCCCCC/C=C\C/C=C\CCCCCC)COP(=O)([O-])OCC[N+](C)(C)C. The lowest BCUT2D eigenvalue weighted by Gasteiger charge is -2.28. The maximum atomic E-state index is 12.6. The van der Waals surface area contributed by atoms with Gasteiger partial charge in [0.25, 0.3) is 7.82 Å². The third kappa shape index (κ3) is 41.6. The summed E-state index contributed by atoms with van der Waals surface area (Å²) in [5.74, 6) is -0.352. The highest BCUT2D eigenvalue weighted by atomic mass is 31.2. The summed E-state index contributed by atoms with van der Waals surface area (Å²) >= 11 is 0. The summed E-state index contributed by atoms with van der Waals surface area (Å²) in [4.78, 5) is 25.0. The number of hydrogen-bond acceptors (Lipinski definition) is 7. The van der Waals surface area contributed by atoms with E-state index in [4.69, 9.17) is 18.5 Å². The number of carbonyl (C=O) groups excluding carboxylic acids is 1. The highest BCUT2D eigenvalue weighted by Gasteiger charge is 2.20. The minimum absolute atomic E-state index is 0.0205. The number of nitrogens with zero attached hydrogens (tertiary/aromatic N) is 1. The molecule has 0 spiro atoms. The molecule has 0 saturated carbocycles. The molecule has 0 N–H and O–H groups in total. The molecule has 316 valence electrons. The summed E-state index contributed by atoms with van der Waals surface area (Å²) in [5.41, 5.74) is 0. The summed E-state index contributed by atoms with van der Waals surface area (Å²) < 4.78 is 34.5. The van der Waals surface area contributed by atoms with Gasteiger partial charge in [0.05, 0.1) is 34.4 Å². The van der Waals surface area contributed by atoms with Crippen molar-refractivity contribution < 1.29 is 37.3 Å². The Balaban J connectivity index is 4.24. The highest BCUT2D eigenvalue weighted by Crippen LogP contribution is 2.38. The first kappa shape index (κ1) is 52.5. The molecule has 0 rings (SSSR count). The summed E-state index contributed by atoms with van der Waals surface area (Å²) in [6, 6.07) is 0. The van der Waals surface area contributed by atoms with Gasteiger partial charge in [0, 0.05) is 13.0 Å². The molecule has 0 aromatic carbocycles. The molecular formula is C45H84NO7P. The van der Waals surface area contributed by atoms with Crippen molar-refractivity contribution in [1.29, 1.82) is 0 Å². The van der Waals surface area contributed by atoms with Crippen molar-refractivity contribution in [2.75, 3.05) is 54.1 Å². The van der Waals surface area contributed by atoms with Crippen LogP contribution in [0.3, 0.4) is 0 Å². The second-order valence-corrected chi connectivity index (χ2v) is 17.1. The zero-order valence-electron chi connectivity index (χ0n) is 35.7. The number of esters is 1. The molecule has 2 atom stereocenters. The molecule has 0 aliphatic rings. The lowest BCUT2D eigenvalue weighted by atomic mass is 10.1. The number of rotatable bonds is 40. The van der Waals surface area contributed by atoms with Crippen LogP contribution < -0.4 is 4.89 Å². The van der Waals surface area contributed by atoms with Crippen molar-refractivity contribution in [3.63, 3.8) is 0 Å². The first-order valence-corrected chi connectivity index (χ1v) is 23.3. The maximum Gasteiger partial charge on any atom is 0.306 e. The number of carbonyl (C=O) groups is 1. The van der Waals surface area contributed by atoms with E-state index in [-0.39, 0.29) is 25.8 Å². The summed E-state index contributed by atoms with van der Waals surface area (Å²) in [5, 5.41) is 0. The van der Waals surface area contributed by atoms with E-state index >= 15 is 0 Å². The molecule has 0 amide bonds. The van der Waals surface area contributed by atoms with Gasteiger partial charge in [-0.05, 0) is 70.6 Å². The van der Waals surface area contributed by atoms with Crippen molar-refractivity contribution in [2.45, 2.75) is 180 Å². The normalized spacial score (nSPS) is 14.3. The standard InChI is InChI=1S/C45H84NO7P/c1-6-8-10-12-14-16-18-20-21-22-23-24-25-27-29-31-33-35-37-40-50-42-44(43-52-54(48,49)51-41-39-46(3,4)5)53-45(47)38-36-34-32-30-28-26-19-17-15-13-11-9-7-2/h11,13,16-19,21-22,44H,6-10,12,14-15,20,23-43H2,1-5H3/b13-11-,18-16-,19-17-,22-21-. The monoisotopic (exact) mass is 782 g/mol. The van der Waals surface area contributed by atoms with Crippen molar-refractivity contribution in [1.82, 2.24) is 0 Å². The second kappa shape index (κ2) is 38.3. The Hall–Kier alpha value is -1.54. The molecule has 0 aliphatic carbocycles. The van der Waals surface area contributed by atoms with Crippen LogP contribution >= 0.6 is 7.82 Å². The smallest absolute Gasteiger partial charge is 0.306 e. The molecule has 0 aliphatic heterocycles. The molecular weight excluding hydrogens is 697 g/mol. The lowest BCUT2D eigenvalue weighted by molar-refractivity contribution is -0.870. The van der Waals surface area contributed by atoms with E-state index in [0.717, 1.165) is 70.6 Å². The predicted octanol–water partition coefficient (Wildman–Crippen LogP) is 12.1. The molecule has 0 saturated heterocycles. The number of quaternary nitrogens is 1. The Morgan fingerprint density at radius 1 is 0.574 bits per heavy atom. The number of ether oxygens (including phenoxy) is 2. The quantitative estimate of drug-likeness (QED) is 0.0201. The Labute approximate surface area is 333 Å². The van der Waals surface area contributed by atoms with Crippen LogP contribution in [0.2, 0.25) is 0 Å². The molecule has 0 radical (unpaired) electrons. The van der Waals surface area contributed by atoms with Crippen LogP contribution in [0, 0.1) is 0 Å². The van der Waals surface area contributed by atoms with Crippen LogP contribution in [0.5, 0.6) is 0 Å². The fourth-order valence-corrected chi connectivity index (χ4v) is 6.40. The van der Waals surface area contributed by atoms with E-state index in [1.54, 1.807) is 0 Å². The van der Waals surface area contributed by atoms with Gasteiger partial charge in [0.1, 0.15) is 19.3 Å². The Morgan fingerprint density at radius 2 is 1.06 bits per heavy atom. The fraction of sp³-hybridized carbons (Fsp3) is 0.800. The minimum Gasteiger partial charge on any atom is -0.756 e. The van der Waals surface area contributed by atoms with E-state index in [0.29, 0.717) is 24.1 Å². The van der Waals surface area contributed by atoms with E-state index in [1.165, 1.54) is 83.5 Å². The van der Waals surface area contributed by atoms with Crippen LogP contribution in [-0.2, 0) is 27.9 Å². The largest absolute Gasteiger partial charge is 0.756 e. The molecule has 0 aromatic rings. The van der Waals surface area contributed by atoms with Gasteiger partial charge in [-0.15, -0.1) is 0 Å². The topological polar surface area (TPSA) is 94.1 Å². The predicted molar refractivity (Wildman–Crippen MR) is 226 cm³/mol. The molecule has 0 heterocycles. The van der Waals surface area contributed by atoms with E-state index in [9.17, 15) is 14.3 Å². The third-order valence-electron chi connectivity index (χ3n) is 9.08. The lowest BCUT2D eigenvalue weighted by Crippen LogP contribution is -2.37. The molecule has 8 nitrogen and oxygen atoms in total. The molecule has 54 heavy (non-hydrogen) atoms. The highest BCUT2D eigenvalue weighted by molar-refractivity contribution is 7.45. The summed E-state index contributed by atoms with van der Waals surface area (Å²) in [6.07, 6.45) is 45.5. The molecule has 0 fully saturated rings. The van der Waals surface area contributed by atoms with E-state index in [1.807, 2.05) is 21.1 Å². The first-order chi connectivity index (χ1) is 26.1. The van der Waals surface area contributed by atoms with Crippen molar-refractivity contribution in [3.05, 3.63) is 48.6 Å². The summed E-state index contributed by atoms with van der Waals surface area (Å²) in [6.45, 7) is 5.29. The van der Waals surface area contributed by atoms with Crippen LogP contribution in [-0.4, -0.2) is 70.7 Å². The number of hydrogen-bond donors (Lipinski definition) is 0. The minimum atomic E-state index is -4.53. The average molecular weight is 782 g/mol. The number of phosphoric ester groups is 1. The molecule has 0 aromatic heterocycles. The van der Waals surface area contributed by atoms with Gasteiger partial charge in [-0.2, -0.15) is 0 Å². The van der Waals surface area contributed by atoms with Crippen molar-refractivity contribution in [3.8, 4) is 0 Å². The second-order valence-electron chi connectivity index (χ2n) is 15.7. The van der Waals surface area contributed by atoms with Crippen LogP contribution in [0.25, 0.3) is 0 Å². The van der Waals surface area contributed by atoms with Crippen molar-refractivity contribution in [2.24, 2.45) is 0 Å². The molecule has 9 heteroatoms. The maximum absolute atomic E-state index is 12.6. The van der Waals surface area contributed by atoms with Crippen LogP contribution in [0.15, 0.2) is 48.6 Å². The molecule has 0 bridgehead atoms. The van der Waals surface area contributed by atoms with Gasteiger partial charge in [-0.3, -0.25) is 9.36 Å². The number of unbranched alkanes of at least 4 members (excludes halogenated alkanes) is 18. The van der Waals surface area contributed by atoms with Gasteiger partial charge < -0.3 is 27.9 Å². The van der Waals surface area contributed by atoms with Crippen molar-refractivity contribution >= 4 is 13.8 Å². The Bertz CT molecular complexity index is 1000. The van der Waals surface area contributed by atoms with Crippen LogP contribution in [0.4, 0.5) is 0 Å². The number of allylic oxidation sites excluding steroid dienone is 8. The van der Waals surface area contributed by atoms with Gasteiger partial charge in [-0.1, -0.05) is 146 Å². The average Bonchev–Trinajstić information content (AvgIpc) is 3.12. The van der Waals surface area contributed by atoms with Gasteiger partial charge in [0.2, 0.25) is 0 Å². The van der Waals surface area contributed by atoms with E-state index in [2.05, 4.69) is 62.5 Å². The van der Waals surface area contributed by atoms with Gasteiger partial charge >= 0.3 is 5.97 Å². The fourth-order valence-electron chi connectivity index (χ4n) is 5.67. The van der Waals surface area contributed by atoms with E-state index < -0.39 is 13.9 Å². The zero-order valence-corrected chi connectivity index (χ0v) is 36.6. The first-order valence-electron chi connectivity index (χ1n) is 21.9. The Morgan fingerprint density at radius 3 is 1.57 bits per heavy atom. The Kier molecular flexibility index (Phi) is 37.2. The molecule has 2 unspecified atom stereocenters. The summed E-state index contributed by atoms with van der Waals surface area (Å²) in [7, 11) is 1.34. The zero-order chi connectivity index (χ0) is 39.9. The van der Waals surface area contributed by atoms with Gasteiger partial charge in [0.15, 0.2) is 0 Å². The van der Waals surface area contributed by atoms with Crippen LogP contribution in [0.1, 0.15) is 174 Å². The number of likely N-dealkylation sites (N-methyl/N-ethyl adjacent to an activating group) is 1. The number of phosphoric acid groups is 1. The third-order valence-corrected chi connectivity index (χ3v) is 10.0.